The molecule has 2 aliphatic rings. The van der Waals surface area contributed by atoms with Crippen LogP contribution in [0.2, 0.25) is 0 Å². The van der Waals surface area contributed by atoms with Crippen molar-refractivity contribution in [1.82, 2.24) is 4.72 Å². The lowest BCUT2D eigenvalue weighted by molar-refractivity contribution is 0.0984. The molecule has 0 saturated heterocycles. The molecule has 7 heteroatoms. The Kier molecular flexibility index (Phi) is 5.46. The third-order valence-corrected chi connectivity index (χ3v) is 7.71. The molecule has 1 aliphatic carbocycles. The number of hydrogen-bond donors (Lipinski definition) is 1. The minimum absolute atomic E-state index is 0.208. The Morgan fingerprint density at radius 2 is 1.81 bits per heavy atom. The van der Waals surface area contributed by atoms with Crippen LogP contribution < -0.4 is 9.62 Å². The van der Waals surface area contributed by atoms with Crippen molar-refractivity contribution in [3.05, 3.63) is 65.0 Å². The molecular weight excluding hydrogens is 415 g/mol. The van der Waals surface area contributed by atoms with Gasteiger partial charge >= 0.3 is 0 Å². The zero-order valence-corrected chi connectivity index (χ0v) is 19.1. The molecule has 0 radical (unpaired) electrons. The summed E-state index contributed by atoms with van der Waals surface area (Å²) < 4.78 is 42.4. The van der Waals surface area contributed by atoms with Crippen LogP contribution in [-0.2, 0) is 21.2 Å². The molecule has 31 heavy (non-hydrogen) atoms. The van der Waals surface area contributed by atoms with Gasteiger partial charge in [0.1, 0.15) is 5.82 Å². The number of carbonyl (C=O) groups is 1. The molecular formula is C24H29FN2O3S. The lowest BCUT2D eigenvalue weighted by atomic mass is 9.80. The summed E-state index contributed by atoms with van der Waals surface area (Å²) in [5.74, 6) is -0.679. The number of anilines is 1. The van der Waals surface area contributed by atoms with Gasteiger partial charge in [0.2, 0.25) is 10.0 Å². The van der Waals surface area contributed by atoms with E-state index in [9.17, 15) is 17.6 Å². The highest BCUT2D eigenvalue weighted by Gasteiger charge is 2.48. The van der Waals surface area contributed by atoms with Gasteiger partial charge in [0.05, 0.1) is 11.4 Å². The van der Waals surface area contributed by atoms with E-state index in [0.717, 1.165) is 25.7 Å². The fourth-order valence-corrected chi connectivity index (χ4v) is 6.67. The number of carbonyl (C=O) groups excluding carboxylic acids is 1. The average molecular weight is 445 g/mol. The van der Waals surface area contributed by atoms with E-state index in [1.165, 1.54) is 6.07 Å². The molecule has 1 aliphatic heterocycles. The van der Waals surface area contributed by atoms with E-state index in [0.29, 0.717) is 28.9 Å². The van der Waals surface area contributed by atoms with Gasteiger partial charge in [-0.1, -0.05) is 31.0 Å². The van der Waals surface area contributed by atoms with Crippen molar-refractivity contribution in [3.63, 3.8) is 0 Å². The second-order valence-corrected chi connectivity index (χ2v) is 11.5. The topological polar surface area (TPSA) is 66.5 Å². The number of hydrogen-bond acceptors (Lipinski definition) is 3. The predicted octanol–water partition coefficient (Wildman–Crippen LogP) is 4.52. The first-order valence-corrected chi connectivity index (χ1v) is 12.4. The van der Waals surface area contributed by atoms with Gasteiger partial charge in [-0.05, 0) is 63.4 Å². The van der Waals surface area contributed by atoms with E-state index in [-0.39, 0.29) is 22.9 Å². The maximum Gasteiger partial charge on any atom is 0.258 e. The second-order valence-electron chi connectivity index (χ2n) is 9.82. The highest BCUT2D eigenvalue weighted by atomic mass is 32.2. The van der Waals surface area contributed by atoms with E-state index < -0.39 is 15.6 Å². The molecule has 2 aromatic rings. The van der Waals surface area contributed by atoms with Crippen LogP contribution in [0.5, 0.6) is 0 Å². The van der Waals surface area contributed by atoms with Crippen LogP contribution in [0.4, 0.5) is 10.1 Å². The summed E-state index contributed by atoms with van der Waals surface area (Å²) in [6.45, 7) is 5.82. The normalized spacial score (nSPS) is 17.9. The first-order valence-electron chi connectivity index (χ1n) is 10.7. The molecule has 0 unspecified atom stereocenters. The molecule has 1 spiro atoms. The van der Waals surface area contributed by atoms with Crippen LogP contribution >= 0.6 is 0 Å². The summed E-state index contributed by atoms with van der Waals surface area (Å²) in [5.41, 5.74) is 1.36. The number of fused-ring (bicyclic) bond motifs is 2. The minimum atomic E-state index is -3.55. The van der Waals surface area contributed by atoms with Gasteiger partial charge in [-0.2, -0.15) is 0 Å². The van der Waals surface area contributed by atoms with Crippen molar-refractivity contribution in [3.8, 4) is 0 Å². The Labute approximate surface area is 183 Å². The summed E-state index contributed by atoms with van der Waals surface area (Å²) in [6, 6.07) is 11.6. The number of benzene rings is 2. The Morgan fingerprint density at radius 1 is 1.13 bits per heavy atom. The molecule has 2 aromatic carbocycles. The van der Waals surface area contributed by atoms with E-state index in [4.69, 9.17) is 0 Å². The standard InChI is InChI=1S/C24H29FN2O3S/c1-23(2,3)26-31(29,30)15-17-8-6-9-18(14-17)22(28)27-16-24(12-4-5-13-24)21-19(25)10-7-11-20(21)27/h6-11,14,26H,4-5,12-13,15-16H2,1-3H3. The average Bonchev–Trinajstić information content (AvgIpc) is 3.25. The van der Waals surface area contributed by atoms with Crippen LogP contribution in [0, 0.1) is 5.82 Å². The highest BCUT2D eigenvalue weighted by molar-refractivity contribution is 7.88. The van der Waals surface area contributed by atoms with Crippen LogP contribution in [0.3, 0.4) is 0 Å². The van der Waals surface area contributed by atoms with Gasteiger partial charge in [0, 0.05) is 28.6 Å². The number of halogens is 1. The monoisotopic (exact) mass is 444 g/mol. The van der Waals surface area contributed by atoms with Crippen LogP contribution in [0.1, 0.15) is 67.9 Å². The van der Waals surface area contributed by atoms with Crippen LogP contribution in [0.25, 0.3) is 0 Å². The molecule has 5 nitrogen and oxygen atoms in total. The van der Waals surface area contributed by atoms with Gasteiger partial charge < -0.3 is 4.90 Å². The number of sulfonamides is 1. The van der Waals surface area contributed by atoms with Gasteiger partial charge in [0.25, 0.3) is 5.91 Å². The number of nitrogens with zero attached hydrogens (tertiary/aromatic N) is 1. The number of rotatable bonds is 4. The largest absolute Gasteiger partial charge is 0.307 e. The van der Waals surface area contributed by atoms with Gasteiger partial charge in [-0.3, -0.25) is 4.79 Å². The third-order valence-electron chi connectivity index (χ3n) is 6.07. The van der Waals surface area contributed by atoms with Gasteiger partial charge in [-0.15, -0.1) is 0 Å². The third kappa shape index (κ3) is 4.39. The Bertz CT molecular complexity index is 1120. The predicted molar refractivity (Wildman–Crippen MR) is 120 cm³/mol. The summed E-state index contributed by atoms with van der Waals surface area (Å²) in [7, 11) is -3.55. The van der Waals surface area contributed by atoms with E-state index in [2.05, 4.69) is 4.72 Å². The van der Waals surface area contributed by atoms with Crippen molar-refractivity contribution in [2.75, 3.05) is 11.4 Å². The van der Waals surface area contributed by atoms with Crippen molar-refractivity contribution >= 4 is 21.6 Å². The fraction of sp³-hybridized carbons (Fsp3) is 0.458. The maximum atomic E-state index is 14.8. The lowest BCUT2D eigenvalue weighted by Gasteiger charge is -2.25. The Hall–Kier alpha value is -2.25. The van der Waals surface area contributed by atoms with Crippen LogP contribution in [0.15, 0.2) is 42.5 Å². The molecule has 166 valence electrons. The van der Waals surface area contributed by atoms with E-state index >= 15 is 0 Å². The molecule has 1 saturated carbocycles. The van der Waals surface area contributed by atoms with Crippen molar-refractivity contribution in [2.24, 2.45) is 0 Å². The Balaban J connectivity index is 1.63. The molecule has 1 amide bonds. The van der Waals surface area contributed by atoms with Gasteiger partial charge in [-0.25, -0.2) is 17.5 Å². The summed E-state index contributed by atoms with van der Waals surface area (Å²) in [5, 5.41) is 0. The lowest BCUT2D eigenvalue weighted by Crippen LogP contribution is -2.41. The quantitative estimate of drug-likeness (QED) is 0.754. The van der Waals surface area contributed by atoms with E-state index in [1.807, 2.05) is 6.07 Å². The summed E-state index contributed by atoms with van der Waals surface area (Å²) in [6.07, 6.45) is 3.82. The molecule has 0 aromatic heterocycles. The van der Waals surface area contributed by atoms with Crippen molar-refractivity contribution in [1.29, 1.82) is 0 Å². The molecule has 1 heterocycles. The highest BCUT2D eigenvalue weighted by Crippen LogP contribution is 2.51. The molecule has 1 N–H and O–H groups in total. The zero-order chi connectivity index (χ0) is 22.4. The van der Waals surface area contributed by atoms with Gasteiger partial charge in [0.15, 0.2) is 0 Å². The van der Waals surface area contributed by atoms with Crippen molar-refractivity contribution < 1.29 is 17.6 Å². The fourth-order valence-electron chi connectivity index (χ4n) is 5.04. The zero-order valence-electron chi connectivity index (χ0n) is 18.2. The molecule has 4 rings (SSSR count). The summed E-state index contributed by atoms with van der Waals surface area (Å²) >= 11 is 0. The molecule has 1 fully saturated rings. The number of nitrogens with one attached hydrogen (secondary N) is 1. The first kappa shape index (κ1) is 22.0. The molecule has 0 atom stereocenters. The second kappa shape index (κ2) is 7.71. The van der Waals surface area contributed by atoms with E-state index in [1.54, 1.807) is 56.0 Å². The van der Waals surface area contributed by atoms with Crippen molar-refractivity contribution in [2.45, 2.75) is 63.2 Å². The summed E-state index contributed by atoms with van der Waals surface area (Å²) in [4.78, 5) is 15.1. The SMILES string of the molecule is CC(C)(C)NS(=O)(=O)Cc1cccc(C(=O)N2CC3(CCCC3)c3c(F)cccc32)c1. The Morgan fingerprint density at radius 3 is 2.48 bits per heavy atom. The maximum absolute atomic E-state index is 14.8. The minimum Gasteiger partial charge on any atom is -0.307 e. The van der Waals surface area contributed by atoms with Crippen LogP contribution in [-0.4, -0.2) is 26.4 Å². The first-order chi connectivity index (χ1) is 14.5. The number of amides is 1. The smallest absolute Gasteiger partial charge is 0.258 e. The molecule has 0 bridgehead atoms.